The summed E-state index contributed by atoms with van der Waals surface area (Å²) in [6.07, 6.45) is 3.84. The summed E-state index contributed by atoms with van der Waals surface area (Å²) < 4.78 is 27.6. The van der Waals surface area contributed by atoms with Crippen LogP contribution in [-0.4, -0.2) is 29.4 Å². The first-order valence-electron chi connectivity index (χ1n) is 8.22. The number of carbonyl (C=O) groups is 1. The quantitative estimate of drug-likeness (QED) is 0.745. The number of halogens is 2. The van der Waals surface area contributed by atoms with Crippen LogP contribution in [0.4, 0.5) is 8.78 Å². The second-order valence-corrected chi connectivity index (χ2v) is 6.16. The summed E-state index contributed by atoms with van der Waals surface area (Å²) in [5.74, 6) is 4.02. The Bertz CT molecular complexity index is 854. The molecule has 0 saturated carbocycles. The van der Waals surface area contributed by atoms with Crippen molar-refractivity contribution in [3.8, 4) is 11.8 Å². The molecule has 128 valence electrons. The molecule has 1 aliphatic rings. The fourth-order valence-corrected chi connectivity index (χ4v) is 2.93. The molecule has 0 aliphatic carbocycles. The van der Waals surface area contributed by atoms with Crippen molar-refractivity contribution < 1.29 is 13.6 Å². The van der Waals surface area contributed by atoms with E-state index in [0.29, 0.717) is 24.1 Å². The molecule has 2 heterocycles. The van der Waals surface area contributed by atoms with Crippen LogP contribution in [0.15, 0.2) is 36.5 Å². The molecular formula is C20H18F2N2O. The third kappa shape index (κ3) is 4.03. The number of likely N-dealkylation sites (N-methyl/N-ethyl adjacent to an activating group) is 1. The number of amides is 1. The summed E-state index contributed by atoms with van der Waals surface area (Å²) in [7, 11) is 1.73. The summed E-state index contributed by atoms with van der Waals surface area (Å²) in [5, 5.41) is 0. The summed E-state index contributed by atoms with van der Waals surface area (Å²) >= 11 is 0. The Morgan fingerprint density at radius 2 is 1.96 bits per heavy atom. The van der Waals surface area contributed by atoms with E-state index >= 15 is 0 Å². The average molecular weight is 340 g/mol. The van der Waals surface area contributed by atoms with Crippen LogP contribution >= 0.6 is 0 Å². The van der Waals surface area contributed by atoms with Crippen LogP contribution in [0.3, 0.4) is 0 Å². The van der Waals surface area contributed by atoms with E-state index in [4.69, 9.17) is 0 Å². The monoisotopic (exact) mass is 340 g/mol. The maximum absolute atomic E-state index is 14.5. The van der Waals surface area contributed by atoms with E-state index in [2.05, 4.69) is 16.8 Å². The molecule has 1 aromatic carbocycles. The molecule has 1 fully saturated rings. The number of likely N-dealkylation sites (tertiary alicyclic amines) is 1. The van der Waals surface area contributed by atoms with Crippen LogP contribution in [0, 0.1) is 23.5 Å². The third-order valence-electron chi connectivity index (χ3n) is 4.29. The fraction of sp³-hybridized carbons (Fsp3) is 0.300. The van der Waals surface area contributed by atoms with Gasteiger partial charge in [0.05, 0.1) is 11.6 Å². The van der Waals surface area contributed by atoms with Gasteiger partial charge in [0.1, 0.15) is 11.6 Å². The summed E-state index contributed by atoms with van der Waals surface area (Å²) in [6.45, 7) is 0.689. The number of carbonyl (C=O) groups excluding carboxylic acids is 1. The average Bonchev–Trinajstić information content (AvgIpc) is 2.75. The van der Waals surface area contributed by atoms with Gasteiger partial charge in [0.15, 0.2) is 0 Å². The van der Waals surface area contributed by atoms with Gasteiger partial charge in [-0.05, 0) is 37.1 Å². The number of nitrogens with zero attached hydrogens (tertiary/aromatic N) is 2. The molecule has 1 aliphatic heterocycles. The van der Waals surface area contributed by atoms with Crippen molar-refractivity contribution in [1.29, 1.82) is 0 Å². The van der Waals surface area contributed by atoms with E-state index in [1.54, 1.807) is 24.1 Å². The molecule has 0 radical (unpaired) electrons. The SMILES string of the molecule is CN1CCCCC(c2ncc(C#Cc3cccc(F)c3)cc2F)C1=O. The highest BCUT2D eigenvalue weighted by Crippen LogP contribution is 2.27. The van der Waals surface area contributed by atoms with E-state index in [-0.39, 0.29) is 17.4 Å². The Morgan fingerprint density at radius 3 is 2.72 bits per heavy atom. The lowest BCUT2D eigenvalue weighted by Gasteiger charge is -2.19. The molecule has 0 N–H and O–H groups in total. The Labute approximate surface area is 145 Å². The topological polar surface area (TPSA) is 33.2 Å². The zero-order chi connectivity index (χ0) is 17.8. The van der Waals surface area contributed by atoms with Gasteiger partial charge < -0.3 is 4.90 Å². The van der Waals surface area contributed by atoms with Crippen molar-refractivity contribution in [2.75, 3.05) is 13.6 Å². The van der Waals surface area contributed by atoms with Gasteiger partial charge in [-0.15, -0.1) is 0 Å². The summed E-state index contributed by atoms with van der Waals surface area (Å²) in [5.41, 5.74) is 1.07. The van der Waals surface area contributed by atoms with Crippen LogP contribution in [0.25, 0.3) is 0 Å². The molecule has 5 heteroatoms. The van der Waals surface area contributed by atoms with E-state index < -0.39 is 11.7 Å². The second kappa shape index (κ2) is 7.43. The number of hydrogen-bond donors (Lipinski definition) is 0. The first-order chi connectivity index (χ1) is 12.0. The fourth-order valence-electron chi connectivity index (χ4n) is 2.93. The number of pyridine rings is 1. The smallest absolute Gasteiger partial charge is 0.231 e. The Kier molecular flexibility index (Phi) is 5.08. The van der Waals surface area contributed by atoms with Gasteiger partial charge in [0, 0.05) is 30.9 Å². The first kappa shape index (κ1) is 17.1. The van der Waals surface area contributed by atoms with Gasteiger partial charge >= 0.3 is 0 Å². The Hall–Kier alpha value is -2.74. The second-order valence-electron chi connectivity index (χ2n) is 6.16. The highest BCUT2D eigenvalue weighted by atomic mass is 19.1. The molecule has 1 saturated heterocycles. The summed E-state index contributed by atoms with van der Waals surface area (Å²) in [4.78, 5) is 18.2. The maximum atomic E-state index is 14.5. The molecular weight excluding hydrogens is 322 g/mol. The molecule has 1 unspecified atom stereocenters. The minimum atomic E-state index is -0.544. The van der Waals surface area contributed by atoms with Gasteiger partial charge in [-0.1, -0.05) is 24.3 Å². The zero-order valence-corrected chi connectivity index (χ0v) is 13.9. The number of aromatic nitrogens is 1. The zero-order valence-electron chi connectivity index (χ0n) is 13.9. The van der Waals surface area contributed by atoms with Crippen LogP contribution in [0.1, 0.15) is 42.0 Å². The molecule has 3 nitrogen and oxygen atoms in total. The highest BCUT2D eigenvalue weighted by Gasteiger charge is 2.29. The van der Waals surface area contributed by atoms with Gasteiger partial charge in [0.2, 0.25) is 5.91 Å². The number of rotatable bonds is 1. The van der Waals surface area contributed by atoms with E-state index in [0.717, 1.165) is 12.8 Å². The van der Waals surface area contributed by atoms with Crippen LogP contribution < -0.4 is 0 Å². The van der Waals surface area contributed by atoms with Gasteiger partial charge in [0.25, 0.3) is 0 Å². The standard InChI is InChI=1S/C20H18F2N2O/c1-24-10-3-2-7-17(20(24)25)19-18(22)12-15(13-23-19)9-8-14-5-4-6-16(21)11-14/h4-6,11-13,17H,2-3,7,10H2,1H3. The number of hydrogen-bond acceptors (Lipinski definition) is 2. The molecule has 3 rings (SSSR count). The van der Waals surface area contributed by atoms with Crippen molar-refractivity contribution >= 4 is 5.91 Å². The third-order valence-corrected chi connectivity index (χ3v) is 4.29. The lowest BCUT2D eigenvalue weighted by molar-refractivity contribution is -0.131. The summed E-state index contributed by atoms with van der Waals surface area (Å²) in [6, 6.07) is 7.17. The van der Waals surface area contributed by atoms with Crippen molar-refractivity contribution in [2.24, 2.45) is 0 Å². The van der Waals surface area contributed by atoms with Gasteiger partial charge in [-0.25, -0.2) is 8.78 Å². The molecule has 0 bridgehead atoms. The molecule has 25 heavy (non-hydrogen) atoms. The van der Waals surface area contributed by atoms with Crippen molar-refractivity contribution in [2.45, 2.75) is 25.2 Å². The molecule has 1 atom stereocenters. The largest absolute Gasteiger partial charge is 0.345 e. The van der Waals surface area contributed by atoms with E-state index in [1.807, 2.05) is 0 Å². The predicted molar refractivity (Wildman–Crippen MR) is 90.8 cm³/mol. The lowest BCUT2D eigenvalue weighted by atomic mass is 9.97. The van der Waals surface area contributed by atoms with Gasteiger partial charge in [-0.2, -0.15) is 0 Å². The van der Waals surface area contributed by atoms with Crippen molar-refractivity contribution in [3.63, 3.8) is 0 Å². The Balaban J connectivity index is 1.85. The molecule has 2 aromatic rings. The van der Waals surface area contributed by atoms with Crippen LogP contribution in [-0.2, 0) is 4.79 Å². The van der Waals surface area contributed by atoms with Crippen molar-refractivity contribution in [3.05, 3.63) is 65.0 Å². The highest BCUT2D eigenvalue weighted by molar-refractivity contribution is 5.83. The lowest BCUT2D eigenvalue weighted by Crippen LogP contribution is -2.31. The first-order valence-corrected chi connectivity index (χ1v) is 8.22. The molecule has 1 amide bonds. The number of benzene rings is 1. The van der Waals surface area contributed by atoms with E-state index in [9.17, 15) is 13.6 Å². The van der Waals surface area contributed by atoms with Crippen LogP contribution in [0.5, 0.6) is 0 Å². The molecule has 0 spiro atoms. The minimum Gasteiger partial charge on any atom is -0.345 e. The minimum absolute atomic E-state index is 0.0949. The van der Waals surface area contributed by atoms with E-state index in [1.165, 1.54) is 24.4 Å². The van der Waals surface area contributed by atoms with Crippen molar-refractivity contribution in [1.82, 2.24) is 9.88 Å². The van der Waals surface area contributed by atoms with Crippen LogP contribution in [0.2, 0.25) is 0 Å². The van der Waals surface area contributed by atoms with Gasteiger partial charge in [-0.3, -0.25) is 9.78 Å². The Morgan fingerprint density at radius 1 is 1.16 bits per heavy atom. The normalized spacial score (nSPS) is 17.6. The molecule has 1 aromatic heterocycles. The predicted octanol–water partition coefficient (Wildman–Crippen LogP) is 3.49. The maximum Gasteiger partial charge on any atom is 0.231 e.